The first-order valence-corrected chi connectivity index (χ1v) is 12.4. The number of carbonyl (C=O) groups is 2. The normalized spacial score (nSPS) is 30.1. The molecule has 4 rings (SSSR count). The third-order valence-corrected chi connectivity index (χ3v) is 7.72. The van der Waals surface area contributed by atoms with Crippen LogP contribution < -0.4 is 10.6 Å². The van der Waals surface area contributed by atoms with E-state index in [1.807, 2.05) is 0 Å². The van der Waals surface area contributed by atoms with Crippen LogP contribution in [0.5, 0.6) is 0 Å². The van der Waals surface area contributed by atoms with Gasteiger partial charge in [0.2, 0.25) is 11.8 Å². The quantitative estimate of drug-likeness (QED) is 0.114. The van der Waals surface area contributed by atoms with E-state index in [4.69, 9.17) is 0 Å². The van der Waals surface area contributed by atoms with Crippen molar-refractivity contribution in [3.8, 4) is 0 Å². The summed E-state index contributed by atoms with van der Waals surface area (Å²) in [6, 6.07) is 0. The molecule has 0 radical (unpaired) electrons. The van der Waals surface area contributed by atoms with Crippen LogP contribution in [0.15, 0.2) is 17.1 Å². The van der Waals surface area contributed by atoms with Crippen LogP contribution in [0.2, 0.25) is 0 Å². The van der Waals surface area contributed by atoms with Crippen molar-refractivity contribution in [2.75, 3.05) is 45.8 Å². The largest absolute Gasteiger partial charge is 0.357 e. The molecule has 0 aromatic rings. The molecule has 2 aliphatic heterocycles. The van der Waals surface area contributed by atoms with Gasteiger partial charge in [0, 0.05) is 26.2 Å². The number of piperidine rings is 1. The molecule has 2 N–H and O–H groups in total. The second-order valence-electron chi connectivity index (χ2n) is 9.54. The molecular weight excluding hydrogens is 517 g/mol. The molecule has 7 nitrogen and oxygen atoms in total. The fourth-order valence-electron chi connectivity index (χ4n) is 5.93. The Morgan fingerprint density at radius 3 is 2.31 bits per heavy atom. The lowest BCUT2D eigenvalue weighted by molar-refractivity contribution is -0.140. The van der Waals surface area contributed by atoms with Gasteiger partial charge in [0.05, 0.1) is 11.8 Å². The lowest BCUT2D eigenvalue weighted by Crippen LogP contribution is -2.39. The molecule has 180 valence electrons. The van der Waals surface area contributed by atoms with Gasteiger partial charge in [-0.25, -0.2) is 0 Å². The molecule has 4 atom stereocenters. The third kappa shape index (κ3) is 5.48. The van der Waals surface area contributed by atoms with Crippen molar-refractivity contribution in [1.29, 1.82) is 0 Å². The standard InChI is InChI=1S/C24H39N5O2.HI/c1-3-25-24(27-12-8-17-9-14-28(4-2)15-10-17)26-11-5-13-29-22(30)20-18-6-7-19(16-18)21(20)23(29)31;/h6-7,17-21H,3-5,8-16H2,1-2H3,(H2,25,26,27);1H. The Balaban J connectivity index is 0.00000289. The van der Waals surface area contributed by atoms with Crippen LogP contribution in [0, 0.1) is 29.6 Å². The van der Waals surface area contributed by atoms with Gasteiger partial charge in [0.15, 0.2) is 5.96 Å². The summed E-state index contributed by atoms with van der Waals surface area (Å²) in [4.78, 5) is 34.2. The molecule has 2 heterocycles. The average Bonchev–Trinajstić information content (AvgIpc) is 3.46. The number of hydrogen-bond acceptors (Lipinski definition) is 4. The number of allylic oxidation sites excluding steroid dienone is 2. The van der Waals surface area contributed by atoms with E-state index in [1.54, 1.807) is 0 Å². The predicted molar refractivity (Wildman–Crippen MR) is 138 cm³/mol. The first kappa shape index (κ1) is 25.5. The smallest absolute Gasteiger partial charge is 0.233 e. The number of aliphatic imine (C=N–C) groups is 1. The maximum Gasteiger partial charge on any atom is 0.233 e. The molecule has 2 amide bonds. The SMILES string of the molecule is CCNC(=NCCCN1C(=O)C2C3C=CC(C3)C2C1=O)NCCC1CCN(CC)CC1.I. The molecule has 0 aromatic carbocycles. The van der Waals surface area contributed by atoms with Crippen molar-refractivity contribution in [1.82, 2.24) is 20.4 Å². The van der Waals surface area contributed by atoms with Gasteiger partial charge < -0.3 is 15.5 Å². The average molecular weight is 558 g/mol. The highest BCUT2D eigenvalue weighted by atomic mass is 127. The summed E-state index contributed by atoms with van der Waals surface area (Å²) in [6.45, 7) is 10.8. The van der Waals surface area contributed by atoms with Crippen LogP contribution in [0.1, 0.15) is 46.0 Å². The minimum absolute atomic E-state index is 0. The first-order chi connectivity index (χ1) is 15.1. The van der Waals surface area contributed by atoms with Crippen LogP contribution in [0.3, 0.4) is 0 Å². The maximum absolute atomic E-state index is 12.8. The molecule has 2 saturated heterocycles. The summed E-state index contributed by atoms with van der Waals surface area (Å²) < 4.78 is 0. The number of nitrogens with one attached hydrogen (secondary N) is 2. The number of halogens is 1. The van der Waals surface area contributed by atoms with Crippen LogP contribution in [-0.2, 0) is 9.59 Å². The first-order valence-electron chi connectivity index (χ1n) is 12.4. The van der Waals surface area contributed by atoms with Crippen LogP contribution >= 0.6 is 24.0 Å². The van der Waals surface area contributed by atoms with Gasteiger partial charge in [-0.1, -0.05) is 19.1 Å². The number of likely N-dealkylation sites (tertiary alicyclic amines) is 2. The van der Waals surface area contributed by atoms with E-state index in [0.717, 1.165) is 37.9 Å². The number of nitrogens with zero attached hydrogens (tertiary/aromatic N) is 3. The summed E-state index contributed by atoms with van der Waals surface area (Å²) in [5, 5.41) is 6.77. The van der Waals surface area contributed by atoms with E-state index in [2.05, 4.69) is 46.5 Å². The molecule has 4 unspecified atom stereocenters. The zero-order chi connectivity index (χ0) is 21.8. The summed E-state index contributed by atoms with van der Waals surface area (Å²) in [5.41, 5.74) is 0. The molecule has 0 spiro atoms. The monoisotopic (exact) mass is 557 g/mol. The van der Waals surface area contributed by atoms with E-state index in [9.17, 15) is 9.59 Å². The molecule has 8 heteroatoms. The second-order valence-corrected chi connectivity index (χ2v) is 9.54. The third-order valence-electron chi connectivity index (χ3n) is 7.72. The van der Waals surface area contributed by atoms with Gasteiger partial charge >= 0.3 is 0 Å². The minimum atomic E-state index is -0.0887. The van der Waals surface area contributed by atoms with Crippen LogP contribution in [-0.4, -0.2) is 73.4 Å². The van der Waals surface area contributed by atoms with Crippen LogP contribution in [0.25, 0.3) is 0 Å². The number of rotatable bonds is 9. The van der Waals surface area contributed by atoms with Crippen molar-refractivity contribution in [2.24, 2.45) is 34.6 Å². The van der Waals surface area contributed by atoms with Crippen molar-refractivity contribution in [3.05, 3.63) is 12.2 Å². The van der Waals surface area contributed by atoms with E-state index in [0.29, 0.717) is 19.5 Å². The lowest BCUT2D eigenvalue weighted by atomic mass is 9.85. The number of amides is 2. The van der Waals surface area contributed by atoms with Gasteiger partial charge in [-0.3, -0.25) is 19.5 Å². The Bertz CT molecular complexity index is 689. The van der Waals surface area contributed by atoms with Gasteiger partial charge in [-0.05, 0) is 76.4 Å². The Hall–Kier alpha value is -1.16. The highest BCUT2D eigenvalue weighted by molar-refractivity contribution is 14.0. The molecular formula is C24H40IN5O2. The second kappa shape index (κ2) is 11.8. The molecule has 32 heavy (non-hydrogen) atoms. The van der Waals surface area contributed by atoms with Gasteiger partial charge in [-0.2, -0.15) is 0 Å². The van der Waals surface area contributed by atoms with Crippen molar-refractivity contribution < 1.29 is 9.59 Å². The molecule has 1 saturated carbocycles. The molecule has 2 aliphatic carbocycles. The predicted octanol–water partition coefficient (Wildman–Crippen LogP) is 2.48. The summed E-state index contributed by atoms with van der Waals surface area (Å²) in [7, 11) is 0. The van der Waals surface area contributed by atoms with Gasteiger partial charge in [0.1, 0.15) is 0 Å². The number of carbonyl (C=O) groups excluding carboxylic acids is 2. The Morgan fingerprint density at radius 1 is 1.06 bits per heavy atom. The van der Waals surface area contributed by atoms with Gasteiger partial charge in [-0.15, -0.1) is 24.0 Å². The lowest BCUT2D eigenvalue weighted by Gasteiger charge is -2.31. The van der Waals surface area contributed by atoms with Gasteiger partial charge in [0.25, 0.3) is 0 Å². The minimum Gasteiger partial charge on any atom is -0.357 e. The van der Waals surface area contributed by atoms with Crippen molar-refractivity contribution in [3.63, 3.8) is 0 Å². The fraction of sp³-hybridized carbons (Fsp3) is 0.792. The summed E-state index contributed by atoms with van der Waals surface area (Å²) in [5.74, 6) is 2.14. The van der Waals surface area contributed by atoms with Crippen LogP contribution in [0.4, 0.5) is 0 Å². The summed E-state index contributed by atoms with van der Waals surface area (Å²) >= 11 is 0. The maximum atomic E-state index is 12.8. The van der Waals surface area contributed by atoms with Crippen molar-refractivity contribution in [2.45, 2.75) is 46.0 Å². The topological polar surface area (TPSA) is 77.0 Å². The van der Waals surface area contributed by atoms with Crippen molar-refractivity contribution >= 4 is 41.8 Å². The highest BCUT2D eigenvalue weighted by Crippen LogP contribution is 2.52. The Morgan fingerprint density at radius 2 is 1.72 bits per heavy atom. The van der Waals surface area contributed by atoms with E-state index in [-0.39, 0.29) is 59.5 Å². The van der Waals surface area contributed by atoms with E-state index < -0.39 is 0 Å². The summed E-state index contributed by atoms with van der Waals surface area (Å²) in [6.07, 6.45) is 9.75. The Labute approximate surface area is 209 Å². The molecule has 0 aromatic heterocycles. The fourth-order valence-corrected chi connectivity index (χ4v) is 5.93. The zero-order valence-corrected chi connectivity index (χ0v) is 21.9. The highest BCUT2D eigenvalue weighted by Gasteiger charge is 2.58. The number of guanidine groups is 1. The molecule has 4 aliphatic rings. The molecule has 2 bridgehead atoms. The number of imide groups is 1. The number of fused-ring (bicyclic) bond motifs is 5. The van der Waals surface area contributed by atoms with E-state index in [1.165, 1.54) is 37.3 Å². The van der Waals surface area contributed by atoms with E-state index >= 15 is 0 Å². The Kier molecular flexibility index (Phi) is 9.40. The molecule has 3 fully saturated rings. The number of hydrogen-bond donors (Lipinski definition) is 2. The zero-order valence-electron chi connectivity index (χ0n) is 19.6.